The Kier molecular flexibility index (Phi) is 6.75. The van der Waals surface area contributed by atoms with Crippen LogP contribution in [0.25, 0.3) is 0 Å². The highest BCUT2D eigenvalue weighted by Crippen LogP contribution is 2.59. The number of anilines is 2. The normalized spacial score (nSPS) is 24.7. The summed E-state index contributed by atoms with van der Waals surface area (Å²) in [5.41, 5.74) is 5.38. The van der Waals surface area contributed by atoms with E-state index in [0.29, 0.717) is 0 Å². The third kappa shape index (κ3) is 5.06. The maximum atomic E-state index is 5.61. The number of unbranched alkanes of at least 4 members (excludes halogenated alkanes) is 2. The van der Waals surface area contributed by atoms with Gasteiger partial charge in [-0.05, 0) is 86.6 Å². The van der Waals surface area contributed by atoms with Gasteiger partial charge < -0.3 is 14.5 Å². The molecule has 4 nitrogen and oxygen atoms in total. The second-order valence-corrected chi connectivity index (χ2v) is 10.7. The predicted molar refractivity (Wildman–Crippen MR) is 131 cm³/mol. The lowest BCUT2D eigenvalue weighted by Crippen LogP contribution is -2.47. The zero-order valence-corrected chi connectivity index (χ0v) is 19.8. The van der Waals surface area contributed by atoms with Crippen molar-refractivity contribution >= 4 is 11.4 Å². The minimum atomic E-state index is 0.754. The standard InChI is InChI=1S/C27H43N3O/c1-2-3-4-13-28-14-16-30(17-15-28)26-6-5-24(29-18-20-31-21-19-29)22-25(26)23-7-9-27(10-8-23)11-12-27/h5-6,22-23H,2-4,7-21H2,1H3. The van der Waals surface area contributed by atoms with E-state index in [1.54, 1.807) is 11.3 Å². The summed E-state index contributed by atoms with van der Waals surface area (Å²) in [5.74, 6) is 0.754. The smallest absolute Gasteiger partial charge is 0.0642 e. The van der Waals surface area contributed by atoms with Crippen LogP contribution in [0.15, 0.2) is 18.2 Å². The lowest BCUT2D eigenvalue weighted by Gasteiger charge is -2.39. The van der Waals surface area contributed by atoms with Gasteiger partial charge in [-0.2, -0.15) is 0 Å². The molecule has 0 bridgehead atoms. The average molecular weight is 426 g/mol. The van der Waals surface area contributed by atoms with Crippen LogP contribution in [0.2, 0.25) is 0 Å². The number of nitrogens with zero attached hydrogens (tertiary/aromatic N) is 3. The van der Waals surface area contributed by atoms with E-state index >= 15 is 0 Å². The van der Waals surface area contributed by atoms with E-state index in [1.807, 2.05) is 0 Å². The van der Waals surface area contributed by atoms with Crippen molar-refractivity contribution in [2.45, 2.75) is 70.6 Å². The average Bonchev–Trinajstić information content (AvgIpc) is 3.59. The van der Waals surface area contributed by atoms with Crippen molar-refractivity contribution in [2.75, 3.05) is 68.8 Å². The van der Waals surface area contributed by atoms with Crippen molar-refractivity contribution < 1.29 is 4.74 Å². The van der Waals surface area contributed by atoms with Crippen LogP contribution in [0, 0.1) is 5.41 Å². The molecule has 1 aromatic rings. The monoisotopic (exact) mass is 425 g/mol. The fourth-order valence-electron chi connectivity index (χ4n) is 6.19. The van der Waals surface area contributed by atoms with Gasteiger partial charge >= 0.3 is 0 Å². The number of ether oxygens (including phenoxy) is 1. The Labute approximate surface area is 189 Å². The van der Waals surface area contributed by atoms with Gasteiger partial charge in [0.1, 0.15) is 0 Å². The first-order chi connectivity index (χ1) is 15.3. The Hall–Kier alpha value is -1.26. The molecule has 0 unspecified atom stereocenters. The Bertz CT molecular complexity index is 707. The molecule has 2 aliphatic heterocycles. The minimum Gasteiger partial charge on any atom is -0.378 e. The van der Waals surface area contributed by atoms with E-state index in [4.69, 9.17) is 4.74 Å². The summed E-state index contributed by atoms with van der Waals surface area (Å²) in [6, 6.07) is 7.43. The number of piperazine rings is 1. The first kappa shape index (κ1) is 21.6. The van der Waals surface area contributed by atoms with Crippen LogP contribution in [-0.2, 0) is 4.74 Å². The summed E-state index contributed by atoms with van der Waals surface area (Å²) in [7, 11) is 0. The lowest BCUT2D eigenvalue weighted by atomic mass is 9.76. The van der Waals surface area contributed by atoms with Crippen molar-refractivity contribution in [3.8, 4) is 0 Å². The Morgan fingerprint density at radius 2 is 1.61 bits per heavy atom. The van der Waals surface area contributed by atoms with Gasteiger partial charge in [-0.3, -0.25) is 4.90 Å². The van der Waals surface area contributed by atoms with Crippen LogP contribution in [0.3, 0.4) is 0 Å². The molecule has 4 heteroatoms. The SMILES string of the molecule is CCCCCN1CCN(c2ccc(N3CCOCC3)cc2C2CCC3(CC2)CC3)CC1. The second kappa shape index (κ2) is 9.70. The zero-order chi connectivity index (χ0) is 21.1. The fraction of sp³-hybridized carbons (Fsp3) is 0.778. The van der Waals surface area contributed by atoms with Gasteiger partial charge in [0.05, 0.1) is 13.2 Å². The quantitative estimate of drug-likeness (QED) is 0.554. The Morgan fingerprint density at radius 3 is 2.29 bits per heavy atom. The highest BCUT2D eigenvalue weighted by molar-refractivity contribution is 5.63. The molecule has 2 saturated carbocycles. The van der Waals surface area contributed by atoms with Gasteiger partial charge in [0.25, 0.3) is 0 Å². The molecule has 0 aromatic heterocycles. The van der Waals surface area contributed by atoms with Crippen LogP contribution in [-0.4, -0.2) is 63.9 Å². The van der Waals surface area contributed by atoms with Gasteiger partial charge in [0, 0.05) is 50.6 Å². The molecule has 0 radical (unpaired) electrons. The molecule has 4 aliphatic rings. The summed E-state index contributed by atoms with van der Waals surface area (Å²) in [5, 5.41) is 0. The Morgan fingerprint density at radius 1 is 0.871 bits per heavy atom. The third-order valence-corrected chi connectivity index (χ3v) is 8.62. The van der Waals surface area contributed by atoms with Gasteiger partial charge in [-0.1, -0.05) is 19.8 Å². The fourth-order valence-corrected chi connectivity index (χ4v) is 6.19. The third-order valence-electron chi connectivity index (χ3n) is 8.62. The van der Waals surface area contributed by atoms with Crippen molar-refractivity contribution in [1.82, 2.24) is 4.90 Å². The highest BCUT2D eigenvalue weighted by atomic mass is 16.5. The first-order valence-corrected chi connectivity index (χ1v) is 13.2. The number of hydrogen-bond donors (Lipinski definition) is 0. The van der Waals surface area contributed by atoms with E-state index < -0.39 is 0 Å². The second-order valence-electron chi connectivity index (χ2n) is 10.7. The van der Waals surface area contributed by atoms with E-state index in [2.05, 4.69) is 39.8 Å². The van der Waals surface area contributed by atoms with E-state index in [-0.39, 0.29) is 0 Å². The molecule has 0 N–H and O–H groups in total. The molecule has 31 heavy (non-hydrogen) atoms. The first-order valence-electron chi connectivity index (χ1n) is 13.2. The Balaban J connectivity index is 1.31. The maximum absolute atomic E-state index is 5.61. The molecule has 0 atom stereocenters. The summed E-state index contributed by atoms with van der Waals surface area (Å²) >= 11 is 0. The van der Waals surface area contributed by atoms with Gasteiger partial charge in [0.2, 0.25) is 0 Å². The van der Waals surface area contributed by atoms with Crippen LogP contribution in [0.1, 0.15) is 76.2 Å². The van der Waals surface area contributed by atoms with E-state index in [0.717, 1.165) is 37.6 Å². The molecule has 1 aromatic carbocycles. The molecule has 5 rings (SSSR count). The van der Waals surface area contributed by atoms with Gasteiger partial charge in [0.15, 0.2) is 0 Å². The van der Waals surface area contributed by atoms with Crippen LogP contribution < -0.4 is 9.80 Å². The van der Waals surface area contributed by atoms with Crippen molar-refractivity contribution in [3.05, 3.63) is 23.8 Å². The van der Waals surface area contributed by atoms with Crippen LogP contribution in [0.5, 0.6) is 0 Å². The molecule has 2 saturated heterocycles. The molecule has 1 spiro atoms. The number of benzene rings is 1. The molecular weight excluding hydrogens is 382 g/mol. The van der Waals surface area contributed by atoms with E-state index in [9.17, 15) is 0 Å². The molecule has 172 valence electrons. The predicted octanol–water partition coefficient (Wildman–Crippen LogP) is 5.27. The van der Waals surface area contributed by atoms with E-state index in [1.165, 1.54) is 96.2 Å². The van der Waals surface area contributed by atoms with Crippen molar-refractivity contribution in [2.24, 2.45) is 5.41 Å². The van der Waals surface area contributed by atoms with Crippen LogP contribution >= 0.6 is 0 Å². The lowest BCUT2D eigenvalue weighted by molar-refractivity contribution is 0.122. The molecular formula is C27H43N3O. The molecule has 0 amide bonds. The summed E-state index contributed by atoms with van der Waals surface area (Å²) in [6.07, 6.45) is 12.8. The molecule has 4 fully saturated rings. The topological polar surface area (TPSA) is 19.0 Å². The summed E-state index contributed by atoms with van der Waals surface area (Å²) in [4.78, 5) is 7.93. The van der Waals surface area contributed by atoms with Crippen LogP contribution in [0.4, 0.5) is 11.4 Å². The number of rotatable bonds is 7. The largest absolute Gasteiger partial charge is 0.378 e. The number of hydrogen-bond acceptors (Lipinski definition) is 4. The number of morpholine rings is 1. The van der Waals surface area contributed by atoms with Crippen molar-refractivity contribution in [3.63, 3.8) is 0 Å². The van der Waals surface area contributed by atoms with Crippen molar-refractivity contribution in [1.29, 1.82) is 0 Å². The maximum Gasteiger partial charge on any atom is 0.0642 e. The van der Waals surface area contributed by atoms with Gasteiger partial charge in [-0.25, -0.2) is 0 Å². The summed E-state index contributed by atoms with van der Waals surface area (Å²) < 4.78 is 5.61. The zero-order valence-electron chi connectivity index (χ0n) is 19.8. The highest BCUT2D eigenvalue weighted by Gasteiger charge is 2.45. The molecule has 2 aliphatic carbocycles. The summed E-state index contributed by atoms with van der Waals surface area (Å²) in [6.45, 7) is 12.2. The molecule has 2 heterocycles. The minimum absolute atomic E-state index is 0.754. The van der Waals surface area contributed by atoms with Gasteiger partial charge in [-0.15, -0.1) is 0 Å².